The maximum atomic E-state index is 12.5. The van der Waals surface area contributed by atoms with Gasteiger partial charge >= 0.3 is 0 Å². The van der Waals surface area contributed by atoms with Crippen LogP contribution >= 0.6 is 11.3 Å². The number of hydrogen-bond donors (Lipinski definition) is 2. The van der Waals surface area contributed by atoms with E-state index < -0.39 is 21.0 Å². The van der Waals surface area contributed by atoms with Crippen LogP contribution in [0.2, 0.25) is 0 Å². The van der Waals surface area contributed by atoms with Crippen LogP contribution in [0.5, 0.6) is 0 Å². The summed E-state index contributed by atoms with van der Waals surface area (Å²) in [5.74, 6) is 0.00261. The molecule has 9 heteroatoms. The van der Waals surface area contributed by atoms with Crippen molar-refractivity contribution in [3.8, 4) is 0 Å². The van der Waals surface area contributed by atoms with E-state index in [1.165, 1.54) is 26.2 Å². The number of amides is 1. The van der Waals surface area contributed by atoms with Crippen LogP contribution in [0, 0.1) is 5.92 Å². The molecule has 1 unspecified atom stereocenters. The van der Waals surface area contributed by atoms with Gasteiger partial charge in [0.1, 0.15) is 5.25 Å². The van der Waals surface area contributed by atoms with Gasteiger partial charge in [0.25, 0.3) is 0 Å². The number of rotatable bonds is 8. The van der Waals surface area contributed by atoms with E-state index in [1.807, 2.05) is 6.92 Å². The summed E-state index contributed by atoms with van der Waals surface area (Å²) in [6.07, 6.45) is 6.73. The van der Waals surface area contributed by atoms with Gasteiger partial charge in [0.15, 0.2) is 0 Å². The monoisotopic (exact) mass is 374 g/mol. The third kappa shape index (κ3) is 4.89. The zero-order valence-corrected chi connectivity index (χ0v) is 15.9. The predicted molar refractivity (Wildman–Crippen MR) is 94.9 cm³/mol. The molecule has 24 heavy (non-hydrogen) atoms. The molecule has 0 radical (unpaired) electrons. The summed E-state index contributed by atoms with van der Waals surface area (Å²) in [4.78, 5) is 12.2. The van der Waals surface area contributed by atoms with Gasteiger partial charge in [-0.15, -0.1) is 10.2 Å². The van der Waals surface area contributed by atoms with Crippen molar-refractivity contribution in [2.24, 2.45) is 5.92 Å². The molecule has 136 valence electrons. The highest BCUT2D eigenvalue weighted by Crippen LogP contribution is 2.25. The smallest absolute Gasteiger partial charge is 0.238 e. The van der Waals surface area contributed by atoms with Crippen LogP contribution in [-0.4, -0.2) is 42.9 Å². The highest BCUT2D eigenvalue weighted by atomic mass is 32.2. The van der Waals surface area contributed by atoms with E-state index in [9.17, 15) is 13.2 Å². The fraction of sp³-hybridized carbons (Fsp3) is 0.800. The van der Waals surface area contributed by atoms with Gasteiger partial charge in [-0.1, -0.05) is 37.5 Å². The number of nitrogens with one attached hydrogen (secondary N) is 2. The third-order valence-corrected chi connectivity index (χ3v) is 7.64. The highest BCUT2D eigenvalue weighted by molar-refractivity contribution is 7.94. The first-order valence-electron chi connectivity index (χ1n) is 8.54. The Bertz CT molecular complexity index is 639. The predicted octanol–water partition coefficient (Wildman–Crippen LogP) is 2.22. The fourth-order valence-corrected chi connectivity index (χ4v) is 5.16. The van der Waals surface area contributed by atoms with Crippen LogP contribution in [0.15, 0.2) is 4.34 Å². The van der Waals surface area contributed by atoms with Crippen molar-refractivity contribution < 1.29 is 13.2 Å². The lowest BCUT2D eigenvalue weighted by molar-refractivity contribution is -0.120. The highest BCUT2D eigenvalue weighted by Gasteiger charge is 2.33. The first-order valence-corrected chi connectivity index (χ1v) is 10.9. The quantitative estimate of drug-likeness (QED) is 0.723. The van der Waals surface area contributed by atoms with Crippen LogP contribution in [0.25, 0.3) is 0 Å². The summed E-state index contributed by atoms with van der Waals surface area (Å²) in [5, 5.41) is 12.7. The number of carbonyl (C=O) groups is 1. The van der Waals surface area contributed by atoms with Gasteiger partial charge in [0.05, 0.1) is 0 Å². The van der Waals surface area contributed by atoms with E-state index in [2.05, 4.69) is 20.8 Å². The molecule has 1 heterocycles. The van der Waals surface area contributed by atoms with Gasteiger partial charge in [-0.05, 0) is 32.1 Å². The molecule has 2 N–H and O–H groups in total. The molecule has 1 saturated carbocycles. The molecule has 1 aliphatic carbocycles. The number of hydrogen-bond acceptors (Lipinski definition) is 7. The molecule has 1 fully saturated rings. The van der Waals surface area contributed by atoms with Crippen molar-refractivity contribution in [1.82, 2.24) is 15.5 Å². The maximum Gasteiger partial charge on any atom is 0.238 e. The Balaban J connectivity index is 1.94. The van der Waals surface area contributed by atoms with Gasteiger partial charge in [0.2, 0.25) is 25.2 Å². The fourth-order valence-electron chi connectivity index (χ4n) is 2.70. The molecule has 1 aromatic heterocycles. The molecule has 7 nitrogen and oxygen atoms in total. The summed E-state index contributed by atoms with van der Waals surface area (Å²) in [6.45, 7) is 4.67. The zero-order chi connectivity index (χ0) is 17.6. The van der Waals surface area contributed by atoms with Crippen LogP contribution in [0.1, 0.15) is 52.4 Å². The first-order chi connectivity index (χ1) is 11.4. The lowest BCUT2D eigenvalue weighted by atomic mass is 9.89. The molecule has 1 aromatic rings. The summed E-state index contributed by atoms with van der Waals surface area (Å²) in [6, 6.07) is 0. The van der Waals surface area contributed by atoms with E-state index in [1.54, 1.807) is 0 Å². The van der Waals surface area contributed by atoms with E-state index in [0.717, 1.165) is 30.6 Å². The number of carbonyl (C=O) groups excluding carboxylic acids is 1. The molecule has 1 aliphatic rings. The summed E-state index contributed by atoms with van der Waals surface area (Å²) in [7, 11) is -3.80. The van der Waals surface area contributed by atoms with Gasteiger partial charge in [-0.2, -0.15) is 0 Å². The minimum Gasteiger partial charge on any atom is -0.360 e. The van der Waals surface area contributed by atoms with E-state index in [-0.39, 0.29) is 4.34 Å². The average Bonchev–Trinajstić information content (AvgIpc) is 3.07. The Morgan fingerprint density at radius 3 is 2.67 bits per heavy atom. The molecule has 2 rings (SSSR count). The van der Waals surface area contributed by atoms with Crippen molar-refractivity contribution in [3.63, 3.8) is 0 Å². The van der Waals surface area contributed by atoms with Crippen molar-refractivity contribution in [2.45, 2.75) is 62.0 Å². The van der Waals surface area contributed by atoms with Crippen molar-refractivity contribution >= 4 is 32.2 Å². The normalized spacial score (nSPS) is 17.4. The Morgan fingerprint density at radius 1 is 1.29 bits per heavy atom. The Morgan fingerprint density at radius 2 is 2.00 bits per heavy atom. The molecule has 0 saturated heterocycles. The second-order valence-electron chi connectivity index (χ2n) is 6.24. The molecular weight excluding hydrogens is 348 g/mol. The third-order valence-electron chi connectivity index (χ3n) is 4.30. The number of aromatic nitrogens is 2. The molecule has 1 amide bonds. The second-order valence-corrected chi connectivity index (χ2v) is 9.66. The molecule has 1 atom stereocenters. The van der Waals surface area contributed by atoms with Crippen molar-refractivity contribution in [2.75, 3.05) is 18.4 Å². The van der Waals surface area contributed by atoms with Gasteiger partial charge in [-0.25, -0.2) is 8.42 Å². The number of sulfone groups is 1. The number of nitrogens with zero attached hydrogens (tertiary/aromatic N) is 2. The molecule has 0 bridgehead atoms. The van der Waals surface area contributed by atoms with E-state index in [0.29, 0.717) is 24.1 Å². The Hall–Kier alpha value is -1.22. The molecule has 0 spiro atoms. The second kappa shape index (κ2) is 8.75. The lowest BCUT2D eigenvalue weighted by Crippen LogP contribution is -2.40. The van der Waals surface area contributed by atoms with E-state index in [4.69, 9.17) is 0 Å². The zero-order valence-electron chi connectivity index (χ0n) is 14.2. The van der Waals surface area contributed by atoms with Crippen LogP contribution in [0.3, 0.4) is 0 Å². The van der Waals surface area contributed by atoms with Crippen LogP contribution < -0.4 is 10.6 Å². The summed E-state index contributed by atoms with van der Waals surface area (Å²) in [5.41, 5.74) is 0. The van der Waals surface area contributed by atoms with Gasteiger partial charge in [0, 0.05) is 13.1 Å². The minimum atomic E-state index is -3.80. The SMILES string of the molecule is CCCNc1nnc(S(=O)(=O)C(C)C(=O)NCC2CCCCC2)s1. The molecule has 0 aliphatic heterocycles. The maximum absolute atomic E-state index is 12.5. The van der Waals surface area contributed by atoms with Crippen LogP contribution in [-0.2, 0) is 14.6 Å². The first kappa shape index (κ1) is 19.1. The largest absolute Gasteiger partial charge is 0.360 e. The lowest BCUT2D eigenvalue weighted by Gasteiger charge is -2.22. The van der Waals surface area contributed by atoms with E-state index >= 15 is 0 Å². The molecule has 0 aromatic carbocycles. The van der Waals surface area contributed by atoms with Crippen molar-refractivity contribution in [1.29, 1.82) is 0 Å². The Labute approximate surface area is 147 Å². The minimum absolute atomic E-state index is 0.110. The van der Waals surface area contributed by atoms with Crippen molar-refractivity contribution in [3.05, 3.63) is 0 Å². The Kier molecular flexibility index (Phi) is 6.97. The molecular formula is C15H26N4O3S2. The summed E-state index contributed by atoms with van der Waals surface area (Å²) < 4.78 is 25.0. The van der Waals surface area contributed by atoms with Gasteiger partial charge in [-0.3, -0.25) is 4.79 Å². The van der Waals surface area contributed by atoms with Gasteiger partial charge < -0.3 is 10.6 Å². The standard InChI is InChI=1S/C15H26N4O3S2/c1-3-9-16-14-18-19-15(23-14)24(21,22)11(2)13(20)17-10-12-7-5-4-6-8-12/h11-12H,3-10H2,1-2H3,(H,16,18)(H,17,20). The summed E-state index contributed by atoms with van der Waals surface area (Å²) >= 11 is 0.970. The average molecular weight is 375 g/mol. The van der Waals surface area contributed by atoms with Crippen LogP contribution in [0.4, 0.5) is 5.13 Å². The number of anilines is 1. The topological polar surface area (TPSA) is 101 Å².